The van der Waals surface area contributed by atoms with E-state index in [0.717, 1.165) is 24.0 Å². The fourth-order valence-electron chi connectivity index (χ4n) is 1.29. The van der Waals surface area contributed by atoms with Crippen LogP contribution in [0.15, 0.2) is 11.4 Å². The summed E-state index contributed by atoms with van der Waals surface area (Å²) in [6.07, 6.45) is 2.56. The second kappa shape index (κ2) is 6.44. The van der Waals surface area contributed by atoms with Crippen LogP contribution in [0.4, 0.5) is 0 Å². The van der Waals surface area contributed by atoms with Crippen molar-refractivity contribution in [1.82, 2.24) is 5.32 Å². The van der Waals surface area contributed by atoms with Gasteiger partial charge in [-0.1, -0.05) is 25.4 Å². The molecule has 0 aliphatic carbocycles. The third-order valence-corrected chi connectivity index (χ3v) is 3.34. The highest BCUT2D eigenvalue weighted by Gasteiger charge is 1.97. The van der Waals surface area contributed by atoms with E-state index in [4.69, 9.17) is 11.6 Å². The zero-order chi connectivity index (χ0) is 10.4. The van der Waals surface area contributed by atoms with Gasteiger partial charge < -0.3 is 5.32 Å². The van der Waals surface area contributed by atoms with E-state index in [2.05, 4.69) is 19.2 Å². The topological polar surface area (TPSA) is 12.0 Å². The molecule has 14 heavy (non-hydrogen) atoms. The van der Waals surface area contributed by atoms with Crippen molar-refractivity contribution in [2.24, 2.45) is 5.92 Å². The Morgan fingerprint density at radius 3 is 2.86 bits per heavy atom. The van der Waals surface area contributed by atoms with Gasteiger partial charge in [-0.05, 0) is 31.4 Å². The van der Waals surface area contributed by atoms with Gasteiger partial charge in [-0.15, -0.1) is 11.3 Å². The molecule has 3 heteroatoms. The first-order chi connectivity index (χ1) is 6.68. The van der Waals surface area contributed by atoms with E-state index in [9.17, 15) is 0 Å². The summed E-state index contributed by atoms with van der Waals surface area (Å²) in [5.74, 6) is 0.813. The van der Waals surface area contributed by atoms with Crippen molar-refractivity contribution >= 4 is 22.9 Å². The summed E-state index contributed by atoms with van der Waals surface area (Å²) >= 11 is 7.54. The predicted octanol–water partition coefficient (Wildman–Crippen LogP) is 3.93. The molecule has 0 unspecified atom stereocenters. The molecule has 0 aromatic carbocycles. The van der Waals surface area contributed by atoms with Crippen molar-refractivity contribution in [3.8, 4) is 0 Å². The Balaban J connectivity index is 2.04. The highest BCUT2D eigenvalue weighted by atomic mass is 35.5. The molecule has 1 aromatic rings. The van der Waals surface area contributed by atoms with Crippen molar-refractivity contribution in [3.63, 3.8) is 0 Å². The molecule has 0 saturated heterocycles. The third-order valence-electron chi connectivity index (χ3n) is 2.06. The quantitative estimate of drug-likeness (QED) is 0.732. The third kappa shape index (κ3) is 4.99. The lowest BCUT2D eigenvalue weighted by molar-refractivity contribution is 0.528. The molecular weight excluding hydrogens is 214 g/mol. The lowest BCUT2D eigenvalue weighted by Crippen LogP contribution is -2.14. The SMILES string of the molecule is CC(C)CCCNCc1cc(Cl)cs1. The average Bonchev–Trinajstić information content (AvgIpc) is 2.50. The molecular formula is C11H18ClNS. The molecule has 0 atom stereocenters. The van der Waals surface area contributed by atoms with Crippen LogP contribution in [0.5, 0.6) is 0 Å². The molecule has 0 saturated carbocycles. The van der Waals surface area contributed by atoms with Crippen LogP contribution in [0.2, 0.25) is 5.02 Å². The minimum absolute atomic E-state index is 0.813. The number of nitrogens with one attached hydrogen (secondary N) is 1. The van der Waals surface area contributed by atoms with E-state index >= 15 is 0 Å². The summed E-state index contributed by atoms with van der Waals surface area (Å²) in [6, 6.07) is 2.03. The molecule has 1 aromatic heterocycles. The van der Waals surface area contributed by atoms with Crippen LogP contribution in [-0.4, -0.2) is 6.54 Å². The Bertz CT molecular complexity index is 258. The van der Waals surface area contributed by atoms with Gasteiger partial charge >= 0.3 is 0 Å². The van der Waals surface area contributed by atoms with Gasteiger partial charge in [0, 0.05) is 16.8 Å². The molecule has 1 nitrogen and oxygen atoms in total. The van der Waals surface area contributed by atoms with Crippen molar-refractivity contribution in [2.75, 3.05) is 6.54 Å². The molecule has 0 spiro atoms. The van der Waals surface area contributed by atoms with E-state index < -0.39 is 0 Å². The average molecular weight is 232 g/mol. The zero-order valence-electron chi connectivity index (χ0n) is 8.85. The van der Waals surface area contributed by atoms with E-state index in [0.29, 0.717) is 0 Å². The lowest BCUT2D eigenvalue weighted by Gasteiger charge is -2.05. The molecule has 1 heterocycles. The summed E-state index contributed by atoms with van der Waals surface area (Å²) in [4.78, 5) is 1.32. The fraction of sp³-hybridized carbons (Fsp3) is 0.636. The standard InChI is InChI=1S/C11H18ClNS/c1-9(2)4-3-5-13-7-11-6-10(12)8-14-11/h6,8-9,13H,3-5,7H2,1-2H3. The highest BCUT2D eigenvalue weighted by Crippen LogP contribution is 2.18. The van der Waals surface area contributed by atoms with Crippen molar-refractivity contribution in [2.45, 2.75) is 33.2 Å². The van der Waals surface area contributed by atoms with Gasteiger partial charge in [-0.2, -0.15) is 0 Å². The lowest BCUT2D eigenvalue weighted by atomic mass is 10.1. The van der Waals surface area contributed by atoms with Crippen LogP contribution in [0.25, 0.3) is 0 Å². The summed E-state index contributed by atoms with van der Waals surface area (Å²) in [5.41, 5.74) is 0. The van der Waals surface area contributed by atoms with Crippen LogP contribution < -0.4 is 5.32 Å². The molecule has 0 fully saturated rings. The molecule has 1 N–H and O–H groups in total. The summed E-state index contributed by atoms with van der Waals surface area (Å²) in [7, 11) is 0. The molecule has 1 rings (SSSR count). The highest BCUT2D eigenvalue weighted by molar-refractivity contribution is 7.10. The Morgan fingerprint density at radius 1 is 1.50 bits per heavy atom. The maximum atomic E-state index is 5.82. The maximum Gasteiger partial charge on any atom is 0.0516 e. The molecule has 0 aliphatic heterocycles. The number of rotatable bonds is 6. The normalized spacial score (nSPS) is 11.1. The Labute approximate surface area is 95.5 Å². The fourth-order valence-corrected chi connectivity index (χ4v) is 2.34. The molecule has 80 valence electrons. The minimum Gasteiger partial charge on any atom is -0.312 e. The van der Waals surface area contributed by atoms with Gasteiger partial charge in [0.2, 0.25) is 0 Å². The van der Waals surface area contributed by atoms with Gasteiger partial charge in [-0.3, -0.25) is 0 Å². The van der Waals surface area contributed by atoms with Crippen molar-refractivity contribution in [3.05, 3.63) is 21.3 Å². The van der Waals surface area contributed by atoms with Gasteiger partial charge in [0.25, 0.3) is 0 Å². The Hall–Kier alpha value is -0.0500. The first kappa shape index (κ1) is 12.0. The largest absolute Gasteiger partial charge is 0.312 e. The Kier molecular flexibility index (Phi) is 5.53. The van der Waals surface area contributed by atoms with E-state index in [-0.39, 0.29) is 0 Å². The number of halogens is 1. The predicted molar refractivity (Wildman–Crippen MR) is 65.1 cm³/mol. The summed E-state index contributed by atoms with van der Waals surface area (Å²) in [6.45, 7) is 6.58. The molecule has 0 bridgehead atoms. The van der Waals surface area contributed by atoms with Crippen LogP contribution >= 0.6 is 22.9 Å². The number of hydrogen-bond donors (Lipinski definition) is 1. The second-order valence-corrected chi connectivity index (χ2v) is 5.38. The van der Waals surface area contributed by atoms with Gasteiger partial charge in [0.05, 0.1) is 5.02 Å². The summed E-state index contributed by atoms with van der Waals surface area (Å²) in [5, 5.41) is 6.26. The summed E-state index contributed by atoms with van der Waals surface area (Å²) < 4.78 is 0. The van der Waals surface area contributed by atoms with Crippen LogP contribution in [0, 0.1) is 5.92 Å². The molecule has 0 amide bonds. The van der Waals surface area contributed by atoms with Gasteiger partial charge in [0.1, 0.15) is 0 Å². The molecule has 0 radical (unpaired) electrons. The molecule has 0 aliphatic rings. The first-order valence-electron chi connectivity index (χ1n) is 5.12. The van der Waals surface area contributed by atoms with Crippen LogP contribution in [-0.2, 0) is 6.54 Å². The van der Waals surface area contributed by atoms with Crippen molar-refractivity contribution in [1.29, 1.82) is 0 Å². The number of hydrogen-bond acceptors (Lipinski definition) is 2. The van der Waals surface area contributed by atoms with Crippen molar-refractivity contribution < 1.29 is 0 Å². The Morgan fingerprint density at radius 2 is 2.29 bits per heavy atom. The second-order valence-electron chi connectivity index (χ2n) is 3.94. The zero-order valence-corrected chi connectivity index (χ0v) is 10.4. The first-order valence-corrected chi connectivity index (χ1v) is 6.38. The van der Waals surface area contributed by atoms with E-state index in [1.807, 2.05) is 11.4 Å². The van der Waals surface area contributed by atoms with E-state index in [1.165, 1.54) is 17.7 Å². The van der Waals surface area contributed by atoms with Crippen LogP contribution in [0.1, 0.15) is 31.6 Å². The van der Waals surface area contributed by atoms with Gasteiger partial charge in [-0.25, -0.2) is 0 Å². The maximum absolute atomic E-state index is 5.82. The smallest absolute Gasteiger partial charge is 0.0516 e. The monoisotopic (exact) mass is 231 g/mol. The van der Waals surface area contributed by atoms with Gasteiger partial charge in [0.15, 0.2) is 0 Å². The van der Waals surface area contributed by atoms with E-state index in [1.54, 1.807) is 11.3 Å². The van der Waals surface area contributed by atoms with Crippen LogP contribution in [0.3, 0.4) is 0 Å². The number of thiophene rings is 1. The minimum atomic E-state index is 0.813.